The summed E-state index contributed by atoms with van der Waals surface area (Å²) in [4.78, 5) is 8.79. The molecule has 4 aromatic rings. The van der Waals surface area contributed by atoms with Crippen LogP contribution in [0.25, 0.3) is 5.69 Å². The zero-order valence-corrected chi connectivity index (χ0v) is 18.0. The second-order valence-corrected chi connectivity index (χ2v) is 7.34. The van der Waals surface area contributed by atoms with Gasteiger partial charge in [0.1, 0.15) is 0 Å². The summed E-state index contributed by atoms with van der Waals surface area (Å²) in [5.74, 6) is 0.455. The highest BCUT2D eigenvalue weighted by Crippen LogP contribution is 2.24. The maximum atomic E-state index is 14.6. The second-order valence-electron chi connectivity index (χ2n) is 7.34. The summed E-state index contributed by atoms with van der Waals surface area (Å²) in [5.41, 5.74) is 4.38. The lowest BCUT2D eigenvalue weighted by Gasteiger charge is -2.11. The molecule has 164 valence electrons. The van der Waals surface area contributed by atoms with E-state index < -0.39 is 0 Å². The first kappa shape index (κ1) is 21.5. The van der Waals surface area contributed by atoms with Crippen LogP contribution in [-0.4, -0.2) is 33.9 Å². The highest BCUT2D eigenvalue weighted by molar-refractivity contribution is 5.55. The normalized spacial score (nSPS) is 10.8. The fourth-order valence-corrected chi connectivity index (χ4v) is 3.43. The van der Waals surface area contributed by atoms with E-state index in [1.54, 1.807) is 29.3 Å². The number of anilines is 2. The van der Waals surface area contributed by atoms with Crippen LogP contribution in [0, 0.1) is 5.82 Å². The van der Waals surface area contributed by atoms with Crippen LogP contribution >= 0.6 is 0 Å². The number of methoxy groups -OCH3 is 1. The van der Waals surface area contributed by atoms with Crippen LogP contribution < -0.4 is 15.4 Å². The summed E-state index contributed by atoms with van der Waals surface area (Å²) < 4.78 is 21.6. The van der Waals surface area contributed by atoms with E-state index in [9.17, 15) is 4.39 Å². The Morgan fingerprint density at radius 3 is 2.47 bits per heavy atom. The molecule has 0 aliphatic heterocycles. The Morgan fingerprint density at radius 1 is 1.03 bits per heavy atom. The van der Waals surface area contributed by atoms with Crippen LogP contribution in [0.3, 0.4) is 0 Å². The summed E-state index contributed by atoms with van der Waals surface area (Å²) >= 11 is 0. The van der Waals surface area contributed by atoms with Gasteiger partial charge in [-0.15, -0.1) is 0 Å². The average Bonchev–Trinajstić information content (AvgIpc) is 3.36. The van der Waals surface area contributed by atoms with Gasteiger partial charge in [-0.05, 0) is 73.0 Å². The van der Waals surface area contributed by atoms with E-state index in [2.05, 4.69) is 25.7 Å². The quantitative estimate of drug-likeness (QED) is 0.415. The molecule has 32 heavy (non-hydrogen) atoms. The molecular weight excluding hydrogens is 407 g/mol. The minimum absolute atomic E-state index is 0.266. The van der Waals surface area contributed by atoms with Crippen LogP contribution in [0.4, 0.5) is 16.0 Å². The van der Waals surface area contributed by atoms with Crippen LogP contribution in [0.2, 0.25) is 0 Å². The number of benzene rings is 2. The number of aromatic nitrogens is 4. The van der Waals surface area contributed by atoms with Crippen molar-refractivity contribution >= 4 is 11.6 Å². The fourth-order valence-electron chi connectivity index (χ4n) is 3.43. The maximum absolute atomic E-state index is 14.6. The van der Waals surface area contributed by atoms with Gasteiger partial charge in [0.25, 0.3) is 0 Å². The minimum Gasteiger partial charge on any atom is -0.494 e. The number of halogens is 1. The molecule has 0 aliphatic carbocycles. The van der Waals surface area contributed by atoms with Crippen molar-refractivity contribution < 1.29 is 9.13 Å². The molecule has 0 saturated heterocycles. The van der Waals surface area contributed by atoms with E-state index >= 15 is 0 Å². The van der Waals surface area contributed by atoms with E-state index in [0.29, 0.717) is 30.9 Å². The summed E-state index contributed by atoms with van der Waals surface area (Å²) in [6.07, 6.45) is 8.32. The van der Waals surface area contributed by atoms with Crippen molar-refractivity contribution in [2.45, 2.75) is 19.4 Å². The Kier molecular flexibility index (Phi) is 6.72. The Hall–Kier alpha value is -3.78. The lowest BCUT2D eigenvalue weighted by atomic mass is 10.0. The first-order valence-corrected chi connectivity index (χ1v) is 10.3. The SMILES string of the molecule is CNCc1cc(CCc2cnc(Nc3ccc(-n4cccn4)cc3)nc2)c(F)c(OC)c1. The van der Waals surface area contributed by atoms with E-state index in [-0.39, 0.29) is 11.6 Å². The lowest BCUT2D eigenvalue weighted by Crippen LogP contribution is -2.07. The van der Waals surface area contributed by atoms with Gasteiger partial charge in [-0.3, -0.25) is 0 Å². The highest BCUT2D eigenvalue weighted by atomic mass is 19.1. The van der Waals surface area contributed by atoms with E-state index in [4.69, 9.17) is 4.74 Å². The number of nitrogens with one attached hydrogen (secondary N) is 2. The van der Waals surface area contributed by atoms with Crippen LogP contribution in [-0.2, 0) is 19.4 Å². The van der Waals surface area contributed by atoms with Crippen molar-refractivity contribution in [3.8, 4) is 11.4 Å². The number of ether oxygens (including phenoxy) is 1. The minimum atomic E-state index is -0.315. The highest BCUT2D eigenvalue weighted by Gasteiger charge is 2.12. The van der Waals surface area contributed by atoms with Gasteiger partial charge >= 0.3 is 0 Å². The third-order valence-corrected chi connectivity index (χ3v) is 5.06. The van der Waals surface area contributed by atoms with Crippen molar-refractivity contribution in [1.82, 2.24) is 25.1 Å². The molecule has 4 rings (SSSR count). The number of nitrogens with zero attached hydrogens (tertiary/aromatic N) is 4. The summed E-state index contributed by atoms with van der Waals surface area (Å²) in [6.45, 7) is 0.649. The molecule has 0 saturated carbocycles. The Bertz CT molecular complexity index is 1140. The van der Waals surface area contributed by atoms with E-state index in [1.807, 2.05) is 49.6 Å². The summed E-state index contributed by atoms with van der Waals surface area (Å²) in [7, 11) is 3.34. The zero-order chi connectivity index (χ0) is 22.3. The third-order valence-electron chi connectivity index (χ3n) is 5.06. The molecule has 0 atom stereocenters. The summed E-state index contributed by atoms with van der Waals surface area (Å²) in [6, 6.07) is 13.3. The molecule has 0 aliphatic rings. The third kappa shape index (κ3) is 5.09. The predicted molar refractivity (Wildman–Crippen MR) is 122 cm³/mol. The van der Waals surface area contributed by atoms with Crippen LogP contribution in [0.15, 0.2) is 67.3 Å². The molecular formula is C24H25FN6O. The van der Waals surface area contributed by atoms with E-state index in [0.717, 1.165) is 22.5 Å². The monoisotopic (exact) mass is 432 g/mol. The Balaban J connectivity index is 1.38. The number of hydrogen-bond acceptors (Lipinski definition) is 6. The van der Waals surface area contributed by atoms with Gasteiger partial charge in [0.05, 0.1) is 12.8 Å². The lowest BCUT2D eigenvalue weighted by molar-refractivity contribution is 0.383. The maximum Gasteiger partial charge on any atom is 0.227 e. The second kappa shape index (κ2) is 10.0. The molecule has 0 fully saturated rings. The fraction of sp³-hybridized carbons (Fsp3) is 0.208. The average molecular weight is 433 g/mol. The molecule has 2 aromatic carbocycles. The predicted octanol–water partition coefficient (Wildman–Crippen LogP) is 4.06. The smallest absolute Gasteiger partial charge is 0.227 e. The number of hydrogen-bond donors (Lipinski definition) is 2. The van der Waals surface area contributed by atoms with Crippen molar-refractivity contribution in [3.63, 3.8) is 0 Å². The molecule has 7 nitrogen and oxygen atoms in total. The zero-order valence-electron chi connectivity index (χ0n) is 18.0. The molecule has 0 radical (unpaired) electrons. The molecule has 0 unspecified atom stereocenters. The molecule has 2 N–H and O–H groups in total. The molecule has 8 heteroatoms. The van der Waals surface area contributed by atoms with Crippen LogP contribution in [0.5, 0.6) is 5.75 Å². The van der Waals surface area contributed by atoms with Gasteiger partial charge in [0.2, 0.25) is 5.95 Å². The van der Waals surface area contributed by atoms with Gasteiger partial charge < -0.3 is 15.4 Å². The van der Waals surface area contributed by atoms with Gasteiger partial charge in [-0.1, -0.05) is 6.07 Å². The van der Waals surface area contributed by atoms with E-state index in [1.165, 1.54) is 7.11 Å². The Labute approximate surface area is 186 Å². The molecule has 0 spiro atoms. The first-order valence-electron chi connectivity index (χ1n) is 10.3. The van der Waals surface area contributed by atoms with Crippen molar-refractivity contribution in [2.75, 3.05) is 19.5 Å². The van der Waals surface area contributed by atoms with Gasteiger partial charge in [-0.25, -0.2) is 19.0 Å². The topological polar surface area (TPSA) is 76.9 Å². The van der Waals surface area contributed by atoms with Crippen LogP contribution in [0.1, 0.15) is 16.7 Å². The van der Waals surface area contributed by atoms with Crippen molar-refractivity contribution in [1.29, 1.82) is 0 Å². The van der Waals surface area contributed by atoms with Crippen molar-refractivity contribution in [3.05, 3.63) is 89.8 Å². The molecule has 0 amide bonds. The number of aryl methyl sites for hydroxylation is 2. The van der Waals surface area contributed by atoms with Gasteiger partial charge in [0.15, 0.2) is 11.6 Å². The molecule has 2 heterocycles. The first-order chi connectivity index (χ1) is 15.7. The molecule has 2 aromatic heterocycles. The largest absolute Gasteiger partial charge is 0.494 e. The molecule has 0 bridgehead atoms. The van der Waals surface area contributed by atoms with Gasteiger partial charge in [-0.2, -0.15) is 5.10 Å². The Morgan fingerprint density at radius 2 is 1.81 bits per heavy atom. The van der Waals surface area contributed by atoms with Gasteiger partial charge in [0, 0.05) is 37.0 Å². The number of rotatable bonds is 9. The standard InChI is InChI=1S/C24H25FN6O/c1-26-14-18-12-19(23(25)22(13-18)32-2)5-4-17-15-27-24(28-16-17)30-20-6-8-21(9-7-20)31-11-3-10-29-31/h3,6-13,15-16,26H,4-5,14H2,1-2H3,(H,27,28,30). The van der Waals surface area contributed by atoms with Crippen molar-refractivity contribution in [2.24, 2.45) is 0 Å². The summed E-state index contributed by atoms with van der Waals surface area (Å²) in [5, 5.41) is 10.5.